The number of Topliss-reactive ketones (excluding diaryl/α,β-unsaturated/α-hetero) is 1. The molecule has 0 radical (unpaired) electrons. The Morgan fingerprint density at radius 2 is 1.88 bits per heavy atom. The molecule has 0 spiro atoms. The van der Waals surface area contributed by atoms with E-state index in [0.717, 1.165) is 6.42 Å². The van der Waals surface area contributed by atoms with Crippen LogP contribution in [0.3, 0.4) is 0 Å². The van der Waals surface area contributed by atoms with E-state index in [-0.39, 0.29) is 11.2 Å². The number of ketones is 1. The molecule has 0 saturated carbocycles. The first-order valence-corrected chi connectivity index (χ1v) is 5.73. The van der Waals surface area contributed by atoms with Gasteiger partial charge in [0.05, 0.1) is 19.8 Å². The van der Waals surface area contributed by atoms with Gasteiger partial charge in [0, 0.05) is 11.5 Å². The summed E-state index contributed by atoms with van der Waals surface area (Å²) in [5, 5.41) is 0. The molecule has 0 atom stereocenters. The van der Waals surface area contributed by atoms with Crippen LogP contribution in [0.4, 0.5) is 0 Å². The van der Waals surface area contributed by atoms with Crippen molar-refractivity contribution in [3.63, 3.8) is 0 Å². The molecule has 1 rings (SSSR count). The van der Waals surface area contributed by atoms with Gasteiger partial charge in [-0.15, -0.1) is 0 Å². The Balaban J connectivity index is 3.18. The lowest BCUT2D eigenvalue weighted by molar-refractivity contribution is 0.0829. The molecule has 0 aromatic heterocycles. The molecule has 0 aliphatic heterocycles. The minimum absolute atomic E-state index is 0.0968. The molecule has 1 aromatic rings. The number of ether oxygens (including phenoxy) is 2. The summed E-state index contributed by atoms with van der Waals surface area (Å²) in [6.45, 7) is 5.89. The quantitative estimate of drug-likeness (QED) is 0.736. The van der Waals surface area contributed by atoms with Gasteiger partial charge >= 0.3 is 0 Å². The highest BCUT2D eigenvalue weighted by molar-refractivity contribution is 6.02. The summed E-state index contributed by atoms with van der Waals surface area (Å²) in [5.41, 5.74) is 0.238. The van der Waals surface area contributed by atoms with Crippen molar-refractivity contribution in [1.82, 2.24) is 0 Å². The lowest BCUT2D eigenvalue weighted by Gasteiger charge is -2.22. The number of methoxy groups -OCH3 is 2. The van der Waals surface area contributed by atoms with Crippen LogP contribution in [0.15, 0.2) is 18.2 Å². The predicted octanol–water partition coefficient (Wildman–Crippen LogP) is 3.32. The predicted molar refractivity (Wildman–Crippen MR) is 67.9 cm³/mol. The van der Waals surface area contributed by atoms with Crippen LogP contribution >= 0.6 is 0 Å². The molecule has 94 valence electrons. The second-order valence-electron chi connectivity index (χ2n) is 4.63. The second-order valence-corrected chi connectivity index (χ2v) is 4.63. The molecule has 0 unspecified atom stereocenters. The maximum Gasteiger partial charge on any atom is 0.172 e. The monoisotopic (exact) mass is 236 g/mol. The Morgan fingerprint density at radius 1 is 1.24 bits per heavy atom. The zero-order valence-corrected chi connectivity index (χ0v) is 11.2. The number of carbonyl (C=O) groups is 1. The van der Waals surface area contributed by atoms with E-state index < -0.39 is 0 Å². The molecule has 1 aromatic carbocycles. The summed E-state index contributed by atoms with van der Waals surface area (Å²) in [4.78, 5) is 12.4. The standard InChI is InChI=1S/C14H20O3/c1-6-14(2,3)13(15)11-8-7-10(16-4)9-12(11)17-5/h7-9H,6H2,1-5H3. The molecule has 0 bridgehead atoms. The van der Waals surface area contributed by atoms with Gasteiger partial charge in [-0.05, 0) is 18.6 Å². The van der Waals surface area contributed by atoms with Gasteiger partial charge in [-0.2, -0.15) is 0 Å². The van der Waals surface area contributed by atoms with E-state index in [1.54, 1.807) is 32.4 Å². The molecular formula is C14H20O3. The molecule has 3 nitrogen and oxygen atoms in total. The normalized spacial score (nSPS) is 11.1. The fraction of sp³-hybridized carbons (Fsp3) is 0.500. The molecule has 0 N–H and O–H groups in total. The molecule has 17 heavy (non-hydrogen) atoms. The first-order valence-electron chi connectivity index (χ1n) is 5.73. The summed E-state index contributed by atoms with van der Waals surface area (Å²) in [6.07, 6.45) is 0.793. The largest absolute Gasteiger partial charge is 0.497 e. The molecule has 0 aliphatic carbocycles. The lowest BCUT2D eigenvalue weighted by atomic mass is 9.82. The van der Waals surface area contributed by atoms with Crippen LogP contribution in [0.25, 0.3) is 0 Å². The number of hydrogen-bond acceptors (Lipinski definition) is 3. The van der Waals surface area contributed by atoms with E-state index in [1.807, 2.05) is 20.8 Å². The van der Waals surface area contributed by atoms with Gasteiger partial charge in [-0.1, -0.05) is 20.8 Å². The van der Waals surface area contributed by atoms with Gasteiger partial charge in [0.1, 0.15) is 11.5 Å². The minimum atomic E-state index is -0.373. The molecule has 0 amide bonds. The third kappa shape index (κ3) is 2.78. The van der Waals surface area contributed by atoms with Crippen molar-refractivity contribution in [2.45, 2.75) is 27.2 Å². The zero-order chi connectivity index (χ0) is 13.1. The summed E-state index contributed by atoms with van der Waals surface area (Å²) in [7, 11) is 3.15. The number of carbonyl (C=O) groups excluding carboxylic acids is 1. The van der Waals surface area contributed by atoms with Crippen LogP contribution < -0.4 is 9.47 Å². The van der Waals surface area contributed by atoms with Crippen molar-refractivity contribution in [2.75, 3.05) is 14.2 Å². The van der Waals surface area contributed by atoms with E-state index in [9.17, 15) is 4.79 Å². The van der Waals surface area contributed by atoms with Crippen LogP contribution in [0, 0.1) is 5.41 Å². The second kappa shape index (κ2) is 5.21. The van der Waals surface area contributed by atoms with E-state index in [2.05, 4.69) is 0 Å². The zero-order valence-electron chi connectivity index (χ0n) is 11.2. The highest BCUT2D eigenvalue weighted by atomic mass is 16.5. The number of benzene rings is 1. The Morgan fingerprint density at radius 3 is 2.35 bits per heavy atom. The van der Waals surface area contributed by atoms with Crippen LogP contribution in [0.5, 0.6) is 11.5 Å². The SMILES string of the molecule is CCC(C)(C)C(=O)c1ccc(OC)cc1OC. The van der Waals surface area contributed by atoms with Gasteiger partial charge in [0.25, 0.3) is 0 Å². The highest BCUT2D eigenvalue weighted by Crippen LogP contribution is 2.32. The third-order valence-electron chi connectivity index (χ3n) is 3.15. The average Bonchev–Trinajstić information content (AvgIpc) is 2.36. The molecule has 0 aliphatic rings. The topological polar surface area (TPSA) is 35.5 Å². The first-order chi connectivity index (χ1) is 7.96. The van der Waals surface area contributed by atoms with Crippen LogP contribution in [0.2, 0.25) is 0 Å². The molecular weight excluding hydrogens is 216 g/mol. The van der Waals surface area contributed by atoms with Gasteiger partial charge in [0.2, 0.25) is 0 Å². The third-order valence-corrected chi connectivity index (χ3v) is 3.15. The summed E-state index contributed by atoms with van der Waals surface area (Å²) in [5.74, 6) is 1.35. The Hall–Kier alpha value is -1.51. The highest BCUT2D eigenvalue weighted by Gasteiger charge is 2.28. The van der Waals surface area contributed by atoms with Crippen LogP contribution in [-0.2, 0) is 0 Å². The van der Waals surface area contributed by atoms with Gasteiger partial charge in [0.15, 0.2) is 5.78 Å². The van der Waals surface area contributed by atoms with Crippen molar-refractivity contribution in [3.05, 3.63) is 23.8 Å². The maximum atomic E-state index is 12.4. The molecule has 0 fully saturated rings. The summed E-state index contributed by atoms with van der Waals surface area (Å²) in [6, 6.07) is 5.28. The first kappa shape index (κ1) is 13.6. The van der Waals surface area contributed by atoms with Crippen molar-refractivity contribution in [2.24, 2.45) is 5.41 Å². The van der Waals surface area contributed by atoms with E-state index in [0.29, 0.717) is 17.1 Å². The number of hydrogen-bond donors (Lipinski definition) is 0. The van der Waals surface area contributed by atoms with E-state index in [4.69, 9.17) is 9.47 Å². The van der Waals surface area contributed by atoms with Gasteiger partial charge in [-0.3, -0.25) is 4.79 Å². The van der Waals surface area contributed by atoms with Crippen LogP contribution in [-0.4, -0.2) is 20.0 Å². The Bertz CT molecular complexity index is 408. The van der Waals surface area contributed by atoms with Crippen molar-refractivity contribution in [1.29, 1.82) is 0 Å². The Labute approximate surface area is 103 Å². The smallest absolute Gasteiger partial charge is 0.172 e. The van der Waals surface area contributed by atoms with Crippen molar-refractivity contribution < 1.29 is 14.3 Å². The van der Waals surface area contributed by atoms with Crippen molar-refractivity contribution >= 4 is 5.78 Å². The molecule has 3 heteroatoms. The number of rotatable bonds is 5. The summed E-state index contributed by atoms with van der Waals surface area (Å²) < 4.78 is 10.4. The fourth-order valence-corrected chi connectivity index (χ4v) is 1.51. The van der Waals surface area contributed by atoms with Crippen molar-refractivity contribution in [3.8, 4) is 11.5 Å². The molecule has 0 saturated heterocycles. The lowest BCUT2D eigenvalue weighted by Crippen LogP contribution is -2.23. The van der Waals surface area contributed by atoms with Crippen LogP contribution in [0.1, 0.15) is 37.6 Å². The fourth-order valence-electron chi connectivity index (χ4n) is 1.51. The van der Waals surface area contributed by atoms with E-state index >= 15 is 0 Å². The molecule has 0 heterocycles. The summed E-state index contributed by atoms with van der Waals surface area (Å²) >= 11 is 0. The maximum absolute atomic E-state index is 12.4. The Kier molecular flexibility index (Phi) is 4.16. The van der Waals surface area contributed by atoms with Gasteiger partial charge in [-0.25, -0.2) is 0 Å². The van der Waals surface area contributed by atoms with Gasteiger partial charge < -0.3 is 9.47 Å². The van der Waals surface area contributed by atoms with E-state index in [1.165, 1.54) is 0 Å². The average molecular weight is 236 g/mol. The minimum Gasteiger partial charge on any atom is -0.497 e.